The summed E-state index contributed by atoms with van der Waals surface area (Å²) >= 11 is 0. The molecule has 1 aromatic carbocycles. The largest absolute Gasteiger partial charge is 0.396 e. The van der Waals surface area contributed by atoms with Crippen LogP contribution in [0.3, 0.4) is 0 Å². The molecule has 3 rings (SSSR count). The van der Waals surface area contributed by atoms with Crippen molar-refractivity contribution in [2.75, 3.05) is 13.2 Å². The van der Waals surface area contributed by atoms with Crippen molar-refractivity contribution in [3.63, 3.8) is 0 Å². The molecule has 1 heterocycles. The van der Waals surface area contributed by atoms with Gasteiger partial charge in [0, 0.05) is 31.6 Å². The highest BCUT2D eigenvalue weighted by atomic mass is 16.2. The molecule has 1 fully saturated rings. The summed E-state index contributed by atoms with van der Waals surface area (Å²) in [5.74, 6) is 0. The Labute approximate surface area is 132 Å². The van der Waals surface area contributed by atoms with Crippen LogP contribution >= 0.6 is 0 Å². The second-order valence-electron chi connectivity index (χ2n) is 6.07. The van der Waals surface area contributed by atoms with Gasteiger partial charge in [0.2, 0.25) is 0 Å². The minimum Gasteiger partial charge on any atom is -0.396 e. The lowest BCUT2D eigenvalue weighted by molar-refractivity contribution is 0.229. The number of hydrogen-bond acceptors (Lipinski definition) is 3. The number of pyridine rings is 1. The Hall–Kier alpha value is -1.71. The summed E-state index contributed by atoms with van der Waals surface area (Å²) in [5.41, 5.74) is 3.84. The zero-order valence-electron chi connectivity index (χ0n) is 13.0. The van der Waals surface area contributed by atoms with Gasteiger partial charge in [0.05, 0.1) is 0 Å². The molecule has 1 saturated carbocycles. The molecule has 1 aromatic heterocycles. The van der Waals surface area contributed by atoms with Gasteiger partial charge in [-0.05, 0) is 67.1 Å². The second-order valence-corrected chi connectivity index (χ2v) is 6.07. The first-order chi connectivity index (χ1) is 10.9. The van der Waals surface area contributed by atoms with E-state index >= 15 is 0 Å². The number of rotatable bonds is 8. The van der Waals surface area contributed by atoms with E-state index in [1.54, 1.807) is 0 Å². The monoisotopic (exact) mass is 296 g/mol. The van der Waals surface area contributed by atoms with Gasteiger partial charge in [-0.1, -0.05) is 18.2 Å². The van der Waals surface area contributed by atoms with Crippen molar-refractivity contribution in [1.82, 2.24) is 9.88 Å². The Morgan fingerprint density at radius 1 is 1.05 bits per heavy atom. The third-order valence-electron chi connectivity index (χ3n) is 4.24. The van der Waals surface area contributed by atoms with Crippen LogP contribution in [0, 0.1) is 0 Å². The van der Waals surface area contributed by atoms with E-state index < -0.39 is 0 Å². The molecule has 1 N–H and O–H groups in total. The molecule has 0 aliphatic heterocycles. The first-order valence-corrected chi connectivity index (χ1v) is 8.21. The van der Waals surface area contributed by atoms with Crippen LogP contribution < -0.4 is 0 Å². The average Bonchev–Trinajstić information content (AvgIpc) is 3.40. The molecule has 3 nitrogen and oxygen atoms in total. The van der Waals surface area contributed by atoms with Gasteiger partial charge in [0.25, 0.3) is 0 Å². The van der Waals surface area contributed by atoms with Gasteiger partial charge in [0.1, 0.15) is 0 Å². The molecule has 0 radical (unpaired) electrons. The molecule has 3 heteroatoms. The van der Waals surface area contributed by atoms with E-state index in [1.807, 2.05) is 12.4 Å². The number of benzene rings is 1. The van der Waals surface area contributed by atoms with Crippen LogP contribution in [-0.4, -0.2) is 34.2 Å². The summed E-state index contributed by atoms with van der Waals surface area (Å²) in [5, 5.41) is 8.96. The number of hydrogen-bond donors (Lipinski definition) is 1. The Balaban J connectivity index is 1.68. The quantitative estimate of drug-likeness (QED) is 0.758. The highest BCUT2D eigenvalue weighted by Gasteiger charge is 2.28. The fraction of sp³-hybridized carbons (Fsp3) is 0.421. The van der Waals surface area contributed by atoms with E-state index in [1.165, 1.54) is 29.5 Å². The maximum absolute atomic E-state index is 8.96. The molecule has 1 aliphatic carbocycles. The number of nitrogens with zero attached hydrogens (tertiary/aromatic N) is 2. The fourth-order valence-corrected chi connectivity index (χ4v) is 2.89. The van der Waals surface area contributed by atoms with Gasteiger partial charge in [-0.25, -0.2) is 0 Å². The predicted octanol–water partition coefficient (Wildman–Crippen LogP) is 3.49. The van der Waals surface area contributed by atoms with Crippen LogP contribution in [0.2, 0.25) is 0 Å². The molecule has 1 aliphatic rings. The Kier molecular flexibility index (Phi) is 5.20. The van der Waals surface area contributed by atoms with Crippen molar-refractivity contribution < 1.29 is 5.11 Å². The van der Waals surface area contributed by atoms with E-state index in [2.05, 4.69) is 46.3 Å². The molecule has 0 atom stereocenters. The average molecular weight is 296 g/mol. The lowest BCUT2D eigenvalue weighted by atomic mass is 10.0. The van der Waals surface area contributed by atoms with Crippen LogP contribution in [0.1, 0.15) is 31.2 Å². The third kappa shape index (κ3) is 4.15. The summed E-state index contributed by atoms with van der Waals surface area (Å²) in [6, 6.07) is 13.7. The van der Waals surface area contributed by atoms with Crippen molar-refractivity contribution in [3.8, 4) is 11.1 Å². The highest BCUT2D eigenvalue weighted by Crippen LogP contribution is 2.29. The first kappa shape index (κ1) is 15.2. The molecule has 0 saturated heterocycles. The molecule has 2 aromatic rings. The van der Waals surface area contributed by atoms with Crippen molar-refractivity contribution in [3.05, 3.63) is 54.4 Å². The number of aliphatic hydroxyl groups is 1. The smallest absolute Gasteiger partial charge is 0.0431 e. The van der Waals surface area contributed by atoms with Crippen molar-refractivity contribution in [2.45, 2.75) is 38.3 Å². The van der Waals surface area contributed by atoms with Gasteiger partial charge in [0.15, 0.2) is 0 Å². The summed E-state index contributed by atoms with van der Waals surface area (Å²) < 4.78 is 0. The normalized spacial score (nSPS) is 14.5. The van der Waals surface area contributed by atoms with Gasteiger partial charge in [-0.15, -0.1) is 0 Å². The lowest BCUT2D eigenvalue weighted by Crippen LogP contribution is -2.26. The minimum absolute atomic E-state index is 0.302. The number of aliphatic hydroxyl groups excluding tert-OH is 1. The molecule has 0 spiro atoms. The standard InChI is InChI=1S/C19H24N2O/c22-13-2-1-12-21(19-6-7-19)15-16-4-3-5-18(14-16)17-8-10-20-11-9-17/h3-5,8-11,14,19,22H,1-2,6-7,12-13,15H2. The van der Waals surface area contributed by atoms with Crippen molar-refractivity contribution >= 4 is 0 Å². The van der Waals surface area contributed by atoms with Crippen LogP contribution in [-0.2, 0) is 6.54 Å². The zero-order valence-corrected chi connectivity index (χ0v) is 13.0. The predicted molar refractivity (Wildman–Crippen MR) is 89.4 cm³/mol. The van der Waals surface area contributed by atoms with Crippen LogP contribution in [0.15, 0.2) is 48.8 Å². The van der Waals surface area contributed by atoms with Crippen molar-refractivity contribution in [2.24, 2.45) is 0 Å². The SMILES string of the molecule is OCCCCN(Cc1cccc(-c2ccncc2)c1)C1CC1. The number of unbranched alkanes of at least 4 members (excludes halogenated alkanes) is 1. The van der Waals surface area contributed by atoms with E-state index in [4.69, 9.17) is 5.11 Å². The summed E-state index contributed by atoms with van der Waals surface area (Å²) in [7, 11) is 0. The van der Waals surface area contributed by atoms with Gasteiger partial charge < -0.3 is 5.11 Å². The topological polar surface area (TPSA) is 36.4 Å². The Morgan fingerprint density at radius 2 is 1.86 bits per heavy atom. The summed E-state index contributed by atoms with van der Waals surface area (Å²) in [4.78, 5) is 6.66. The van der Waals surface area contributed by atoms with Crippen LogP contribution in [0.5, 0.6) is 0 Å². The van der Waals surface area contributed by atoms with Crippen LogP contribution in [0.4, 0.5) is 0 Å². The fourth-order valence-electron chi connectivity index (χ4n) is 2.89. The van der Waals surface area contributed by atoms with E-state index in [0.29, 0.717) is 6.61 Å². The van der Waals surface area contributed by atoms with E-state index in [0.717, 1.165) is 32.0 Å². The lowest BCUT2D eigenvalue weighted by Gasteiger charge is -2.22. The molecule has 0 unspecified atom stereocenters. The summed E-state index contributed by atoms with van der Waals surface area (Å²) in [6.07, 6.45) is 8.31. The highest BCUT2D eigenvalue weighted by molar-refractivity contribution is 5.63. The second kappa shape index (κ2) is 7.52. The molecular weight excluding hydrogens is 272 g/mol. The molecular formula is C19H24N2O. The van der Waals surface area contributed by atoms with Crippen LogP contribution in [0.25, 0.3) is 11.1 Å². The maximum Gasteiger partial charge on any atom is 0.0431 e. The molecule has 0 bridgehead atoms. The molecule has 116 valence electrons. The third-order valence-corrected chi connectivity index (χ3v) is 4.24. The number of aromatic nitrogens is 1. The van der Waals surface area contributed by atoms with E-state index in [9.17, 15) is 0 Å². The van der Waals surface area contributed by atoms with Gasteiger partial charge in [-0.2, -0.15) is 0 Å². The Bertz CT molecular complexity index is 581. The summed E-state index contributed by atoms with van der Waals surface area (Å²) in [6.45, 7) is 2.40. The van der Waals surface area contributed by atoms with Gasteiger partial charge >= 0.3 is 0 Å². The zero-order chi connectivity index (χ0) is 15.2. The maximum atomic E-state index is 8.96. The first-order valence-electron chi connectivity index (χ1n) is 8.21. The minimum atomic E-state index is 0.302. The molecule has 0 amide bonds. The molecule has 22 heavy (non-hydrogen) atoms. The Morgan fingerprint density at radius 3 is 2.59 bits per heavy atom. The van der Waals surface area contributed by atoms with E-state index in [-0.39, 0.29) is 0 Å². The van der Waals surface area contributed by atoms with Gasteiger partial charge in [-0.3, -0.25) is 9.88 Å². The van der Waals surface area contributed by atoms with Crippen molar-refractivity contribution in [1.29, 1.82) is 0 Å².